The zero-order chi connectivity index (χ0) is 25.2. The summed E-state index contributed by atoms with van der Waals surface area (Å²) >= 11 is 0. The van der Waals surface area contributed by atoms with E-state index in [1.54, 1.807) is 24.3 Å². The maximum atomic E-state index is 13.4. The molecule has 2 heterocycles. The Morgan fingerprint density at radius 2 is 1.80 bits per heavy atom. The maximum Gasteiger partial charge on any atom is 0.431 e. The average Bonchev–Trinajstić information content (AvgIpc) is 3.16. The van der Waals surface area contributed by atoms with Gasteiger partial charge in [0.1, 0.15) is 17.6 Å². The van der Waals surface area contributed by atoms with Crippen molar-refractivity contribution in [3.05, 3.63) is 54.1 Å². The maximum absolute atomic E-state index is 13.4. The number of aryl methyl sites for hydroxylation is 1. The van der Waals surface area contributed by atoms with Gasteiger partial charge in [-0.2, -0.15) is 18.3 Å². The molecule has 2 aliphatic rings. The van der Waals surface area contributed by atoms with Crippen molar-refractivity contribution in [3.8, 4) is 5.75 Å². The summed E-state index contributed by atoms with van der Waals surface area (Å²) in [4.78, 5) is 13.6. The fourth-order valence-corrected chi connectivity index (χ4v) is 4.76. The van der Waals surface area contributed by atoms with Crippen molar-refractivity contribution in [1.82, 2.24) is 0 Å². The van der Waals surface area contributed by atoms with Crippen LogP contribution in [-0.4, -0.2) is 48.2 Å². The number of halogens is 3. The van der Waals surface area contributed by atoms with Crippen molar-refractivity contribution in [2.75, 3.05) is 23.0 Å². The standard InChI is InChI=1S/C26H30F3N3O3/c1-3-18-5-4-6-20(15-18)31-13-11-22(12-14-31)35-21-9-7-19(8-10-21)32-23(16-24(33)34)17(2)25(30-32)26(27,28)29/h4-10,15,17,22-23H,3,11-14,16H2,1-2H3,(H,33,34). The van der Waals surface area contributed by atoms with Crippen LogP contribution in [0.2, 0.25) is 0 Å². The molecule has 1 fully saturated rings. The van der Waals surface area contributed by atoms with E-state index in [2.05, 4.69) is 41.2 Å². The van der Waals surface area contributed by atoms with Crippen molar-refractivity contribution in [2.24, 2.45) is 11.0 Å². The summed E-state index contributed by atoms with van der Waals surface area (Å²) in [5, 5.41) is 14.1. The van der Waals surface area contributed by atoms with Crippen LogP contribution in [0, 0.1) is 5.92 Å². The minimum absolute atomic E-state index is 0.0490. The Hall–Kier alpha value is -3.23. The molecule has 2 aromatic carbocycles. The van der Waals surface area contributed by atoms with Gasteiger partial charge in [0, 0.05) is 37.5 Å². The van der Waals surface area contributed by atoms with E-state index in [0.29, 0.717) is 11.4 Å². The van der Waals surface area contributed by atoms with Crippen LogP contribution in [0.4, 0.5) is 24.5 Å². The van der Waals surface area contributed by atoms with Crippen molar-refractivity contribution < 1.29 is 27.8 Å². The van der Waals surface area contributed by atoms with Gasteiger partial charge in [-0.1, -0.05) is 26.0 Å². The molecule has 2 aliphatic heterocycles. The molecule has 1 saturated heterocycles. The second-order valence-electron chi connectivity index (χ2n) is 9.10. The number of hydrogen-bond acceptors (Lipinski definition) is 5. The van der Waals surface area contributed by atoms with Gasteiger partial charge in [0.15, 0.2) is 0 Å². The van der Waals surface area contributed by atoms with E-state index in [1.165, 1.54) is 23.2 Å². The Morgan fingerprint density at radius 3 is 2.40 bits per heavy atom. The highest BCUT2D eigenvalue weighted by Gasteiger charge is 2.48. The first-order valence-electron chi connectivity index (χ1n) is 11.9. The van der Waals surface area contributed by atoms with E-state index in [1.807, 2.05) is 0 Å². The van der Waals surface area contributed by atoms with Gasteiger partial charge in [0.25, 0.3) is 0 Å². The molecule has 1 N–H and O–H groups in total. The number of aliphatic carboxylic acids is 1. The van der Waals surface area contributed by atoms with Crippen molar-refractivity contribution >= 4 is 23.1 Å². The summed E-state index contributed by atoms with van der Waals surface area (Å²) in [5.74, 6) is -1.59. The molecule has 0 radical (unpaired) electrons. The lowest BCUT2D eigenvalue weighted by Gasteiger charge is -2.34. The minimum Gasteiger partial charge on any atom is -0.490 e. The third-order valence-electron chi connectivity index (χ3n) is 6.74. The molecule has 2 unspecified atom stereocenters. The lowest BCUT2D eigenvalue weighted by molar-refractivity contribution is -0.137. The number of piperidine rings is 1. The summed E-state index contributed by atoms with van der Waals surface area (Å²) in [7, 11) is 0. The number of hydrazone groups is 1. The second-order valence-corrected chi connectivity index (χ2v) is 9.10. The lowest BCUT2D eigenvalue weighted by atomic mass is 9.94. The fraction of sp³-hybridized carbons (Fsp3) is 0.462. The number of carbonyl (C=O) groups is 1. The predicted octanol–water partition coefficient (Wildman–Crippen LogP) is 5.51. The van der Waals surface area contributed by atoms with Crippen molar-refractivity contribution in [1.29, 1.82) is 0 Å². The van der Waals surface area contributed by atoms with Crippen LogP contribution in [0.3, 0.4) is 0 Å². The number of benzene rings is 2. The summed E-state index contributed by atoms with van der Waals surface area (Å²) in [6.07, 6.45) is -2.28. The van der Waals surface area contributed by atoms with Crippen LogP contribution >= 0.6 is 0 Å². The summed E-state index contributed by atoms with van der Waals surface area (Å²) in [6.45, 7) is 5.27. The van der Waals surface area contributed by atoms with E-state index in [4.69, 9.17) is 4.74 Å². The molecule has 2 atom stereocenters. The molecule has 188 valence electrons. The number of alkyl halides is 3. The Balaban J connectivity index is 1.40. The zero-order valence-corrected chi connectivity index (χ0v) is 19.8. The minimum atomic E-state index is -4.61. The molecule has 0 bridgehead atoms. The van der Waals surface area contributed by atoms with Gasteiger partial charge in [0.05, 0.1) is 18.2 Å². The molecule has 4 rings (SSSR count). The van der Waals surface area contributed by atoms with E-state index in [9.17, 15) is 23.1 Å². The molecule has 35 heavy (non-hydrogen) atoms. The smallest absolute Gasteiger partial charge is 0.431 e. The van der Waals surface area contributed by atoms with Gasteiger partial charge in [-0.25, -0.2) is 0 Å². The first-order chi connectivity index (χ1) is 16.7. The normalized spacial score (nSPS) is 21.2. The van der Waals surface area contributed by atoms with Crippen LogP contribution in [0.25, 0.3) is 0 Å². The summed E-state index contributed by atoms with van der Waals surface area (Å²) in [5.41, 5.74) is 1.98. The summed E-state index contributed by atoms with van der Waals surface area (Å²) in [6, 6.07) is 14.3. The van der Waals surface area contributed by atoms with Crippen LogP contribution < -0.4 is 14.6 Å². The van der Waals surface area contributed by atoms with E-state index >= 15 is 0 Å². The first-order valence-corrected chi connectivity index (χ1v) is 11.9. The van der Waals surface area contributed by atoms with Crippen molar-refractivity contribution in [2.45, 2.75) is 57.9 Å². The third kappa shape index (κ3) is 5.71. The summed E-state index contributed by atoms with van der Waals surface area (Å²) < 4.78 is 46.3. The molecule has 0 aromatic heterocycles. The highest BCUT2D eigenvalue weighted by molar-refractivity contribution is 5.95. The monoisotopic (exact) mass is 489 g/mol. The van der Waals surface area contributed by atoms with Gasteiger partial charge in [0.2, 0.25) is 0 Å². The van der Waals surface area contributed by atoms with Gasteiger partial charge in [-0.3, -0.25) is 9.80 Å². The molecular formula is C26H30F3N3O3. The van der Waals surface area contributed by atoms with E-state index in [0.717, 1.165) is 32.4 Å². The number of hydrogen-bond donors (Lipinski definition) is 1. The Morgan fingerprint density at radius 1 is 1.11 bits per heavy atom. The largest absolute Gasteiger partial charge is 0.490 e. The highest BCUT2D eigenvalue weighted by Crippen LogP contribution is 2.37. The predicted molar refractivity (Wildman–Crippen MR) is 129 cm³/mol. The number of rotatable bonds is 7. The fourth-order valence-electron chi connectivity index (χ4n) is 4.76. The molecule has 0 spiro atoms. The van der Waals surface area contributed by atoms with Crippen LogP contribution in [0.5, 0.6) is 5.75 Å². The Kier molecular flexibility index (Phi) is 7.23. The first kappa shape index (κ1) is 24.9. The Labute approximate surface area is 203 Å². The molecule has 6 nitrogen and oxygen atoms in total. The Bertz CT molecular complexity index is 1060. The topological polar surface area (TPSA) is 65.4 Å². The number of carboxylic acid groups (broad SMARTS) is 1. The quantitative estimate of drug-likeness (QED) is 0.555. The van der Waals surface area contributed by atoms with Gasteiger partial charge in [-0.15, -0.1) is 0 Å². The van der Waals surface area contributed by atoms with Gasteiger partial charge < -0.3 is 14.7 Å². The van der Waals surface area contributed by atoms with Crippen LogP contribution in [-0.2, 0) is 11.2 Å². The number of ether oxygens (including phenoxy) is 1. The molecular weight excluding hydrogens is 459 g/mol. The SMILES string of the molecule is CCc1cccc(N2CCC(Oc3ccc(N4N=C(C(F)(F)F)C(C)C4CC(=O)O)cc3)CC2)c1. The number of nitrogens with zero attached hydrogens (tertiary/aromatic N) is 3. The van der Waals surface area contributed by atoms with Gasteiger partial charge >= 0.3 is 12.1 Å². The average molecular weight is 490 g/mol. The van der Waals surface area contributed by atoms with Crippen molar-refractivity contribution in [3.63, 3.8) is 0 Å². The molecule has 0 aliphatic carbocycles. The van der Waals surface area contributed by atoms with E-state index < -0.39 is 36.2 Å². The molecule has 2 aromatic rings. The zero-order valence-electron chi connectivity index (χ0n) is 19.8. The van der Waals surface area contributed by atoms with Crippen LogP contribution in [0.15, 0.2) is 53.6 Å². The molecule has 0 saturated carbocycles. The number of carboxylic acids is 1. The number of anilines is 2. The highest BCUT2D eigenvalue weighted by atomic mass is 19.4. The van der Waals surface area contributed by atoms with E-state index in [-0.39, 0.29) is 6.10 Å². The second kappa shape index (κ2) is 10.2. The molecule has 9 heteroatoms. The third-order valence-corrected chi connectivity index (χ3v) is 6.74. The lowest BCUT2D eigenvalue weighted by Crippen LogP contribution is -2.38. The van der Waals surface area contributed by atoms with Crippen LogP contribution in [0.1, 0.15) is 38.7 Å². The van der Waals surface area contributed by atoms with Gasteiger partial charge in [-0.05, 0) is 48.4 Å². The molecule has 0 amide bonds.